The van der Waals surface area contributed by atoms with E-state index in [2.05, 4.69) is 20.6 Å². The lowest BCUT2D eigenvalue weighted by Crippen LogP contribution is -2.46. The Balaban J connectivity index is 2.00. The summed E-state index contributed by atoms with van der Waals surface area (Å²) in [4.78, 5) is 8.96. The first-order valence-corrected chi connectivity index (χ1v) is 11.4. The van der Waals surface area contributed by atoms with Gasteiger partial charge in [0.25, 0.3) is 0 Å². The van der Waals surface area contributed by atoms with Gasteiger partial charge >= 0.3 is 0 Å². The number of hydrogen-bond acceptors (Lipinski definition) is 4. The summed E-state index contributed by atoms with van der Waals surface area (Å²) in [7, 11) is -3.37. The molecule has 2 aromatic rings. The number of rotatable bonds is 9. The quantitative estimate of drug-likeness (QED) is 0.368. The van der Waals surface area contributed by atoms with Gasteiger partial charge in [0, 0.05) is 25.3 Å². The maximum absolute atomic E-state index is 12.6. The lowest BCUT2D eigenvalue weighted by atomic mass is 10.2. The molecule has 1 aromatic carbocycles. The van der Waals surface area contributed by atoms with Crippen LogP contribution in [0.4, 0.5) is 0 Å². The number of hydrogen-bond donors (Lipinski definition) is 2. The van der Waals surface area contributed by atoms with Crippen LogP contribution in [-0.4, -0.2) is 44.2 Å². The van der Waals surface area contributed by atoms with Crippen LogP contribution >= 0.6 is 11.6 Å². The lowest BCUT2D eigenvalue weighted by molar-refractivity contribution is 0.569. The van der Waals surface area contributed by atoms with Crippen molar-refractivity contribution in [3.8, 4) is 0 Å². The number of aromatic nitrogens is 1. The van der Waals surface area contributed by atoms with Gasteiger partial charge in [-0.1, -0.05) is 42.8 Å². The predicted molar refractivity (Wildman–Crippen MR) is 115 cm³/mol. The fourth-order valence-electron chi connectivity index (χ4n) is 2.61. The summed E-state index contributed by atoms with van der Waals surface area (Å²) in [5, 5.41) is 6.89. The summed E-state index contributed by atoms with van der Waals surface area (Å²) in [6, 6.07) is 12.0. The van der Waals surface area contributed by atoms with E-state index in [1.54, 1.807) is 42.6 Å². The molecule has 0 bridgehead atoms. The molecule has 0 spiro atoms. The largest absolute Gasteiger partial charge is 0.357 e. The van der Waals surface area contributed by atoms with Crippen molar-refractivity contribution in [2.45, 2.75) is 37.6 Å². The summed E-state index contributed by atoms with van der Waals surface area (Å²) in [6.07, 6.45) is 3.12. The molecule has 0 aliphatic carbocycles. The van der Waals surface area contributed by atoms with Gasteiger partial charge in [-0.3, -0.25) is 4.99 Å². The molecule has 0 fully saturated rings. The van der Waals surface area contributed by atoms with Gasteiger partial charge in [-0.2, -0.15) is 0 Å². The average Bonchev–Trinajstić information content (AvgIpc) is 2.69. The third-order valence-electron chi connectivity index (χ3n) is 4.16. The van der Waals surface area contributed by atoms with E-state index < -0.39 is 9.84 Å². The van der Waals surface area contributed by atoms with Crippen molar-refractivity contribution in [3.05, 3.63) is 59.4 Å². The second-order valence-electron chi connectivity index (χ2n) is 6.34. The SMILES string of the molecule is CCNC(=NCCc1ccc(Cl)nc1)NC(CC)CS(=O)(=O)c1ccccc1. The second-order valence-corrected chi connectivity index (χ2v) is 8.77. The smallest absolute Gasteiger partial charge is 0.191 e. The number of pyridine rings is 1. The third-order valence-corrected chi connectivity index (χ3v) is 6.22. The van der Waals surface area contributed by atoms with Crippen LogP contribution in [0.5, 0.6) is 0 Å². The predicted octanol–water partition coefficient (Wildman–Crippen LogP) is 3.09. The Morgan fingerprint density at radius 1 is 1.18 bits per heavy atom. The third kappa shape index (κ3) is 7.13. The van der Waals surface area contributed by atoms with E-state index in [4.69, 9.17) is 11.6 Å². The number of sulfone groups is 1. The molecule has 1 atom stereocenters. The molecule has 28 heavy (non-hydrogen) atoms. The zero-order valence-corrected chi connectivity index (χ0v) is 17.8. The highest BCUT2D eigenvalue weighted by Gasteiger charge is 2.20. The van der Waals surface area contributed by atoms with Crippen LogP contribution in [0.3, 0.4) is 0 Å². The maximum Gasteiger partial charge on any atom is 0.191 e. The van der Waals surface area contributed by atoms with E-state index in [-0.39, 0.29) is 11.8 Å². The van der Waals surface area contributed by atoms with Gasteiger partial charge < -0.3 is 10.6 Å². The van der Waals surface area contributed by atoms with Gasteiger partial charge in [0.2, 0.25) is 0 Å². The number of nitrogens with zero attached hydrogens (tertiary/aromatic N) is 2. The van der Waals surface area contributed by atoms with Crippen molar-refractivity contribution >= 4 is 27.4 Å². The van der Waals surface area contributed by atoms with Gasteiger partial charge in [-0.05, 0) is 43.5 Å². The summed E-state index contributed by atoms with van der Waals surface area (Å²) in [6.45, 7) is 5.18. The van der Waals surface area contributed by atoms with Crippen molar-refractivity contribution in [2.24, 2.45) is 4.99 Å². The molecule has 8 heteroatoms. The van der Waals surface area contributed by atoms with Crippen LogP contribution in [0, 0.1) is 0 Å². The topological polar surface area (TPSA) is 83.4 Å². The Bertz CT molecular complexity index is 856. The zero-order valence-electron chi connectivity index (χ0n) is 16.2. The fraction of sp³-hybridized carbons (Fsp3) is 0.400. The molecule has 0 aliphatic rings. The molecule has 0 saturated carbocycles. The lowest BCUT2D eigenvalue weighted by Gasteiger charge is -2.20. The Labute approximate surface area is 172 Å². The summed E-state index contributed by atoms with van der Waals surface area (Å²) >= 11 is 5.80. The van der Waals surface area contributed by atoms with Crippen LogP contribution in [0.1, 0.15) is 25.8 Å². The first kappa shape index (κ1) is 22.2. The molecule has 2 N–H and O–H groups in total. The Kier molecular flexibility index (Phi) is 8.73. The molecule has 1 unspecified atom stereocenters. The first-order valence-electron chi connectivity index (χ1n) is 9.37. The van der Waals surface area contributed by atoms with E-state index in [0.717, 1.165) is 12.0 Å². The minimum atomic E-state index is -3.37. The highest BCUT2D eigenvalue weighted by molar-refractivity contribution is 7.91. The highest BCUT2D eigenvalue weighted by Crippen LogP contribution is 2.12. The van der Waals surface area contributed by atoms with Gasteiger partial charge in [-0.15, -0.1) is 0 Å². The first-order chi connectivity index (χ1) is 13.4. The molecular weight excluding hydrogens is 396 g/mol. The maximum atomic E-state index is 12.6. The molecule has 152 valence electrons. The molecule has 1 heterocycles. The monoisotopic (exact) mass is 422 g/mol. The van der Waals surface area contributed by atoms with E-state index >= 15 is 0 Å². The van der Waals surface area contributed by atoms with Crippen LogP contribution in [-0.2, 0) is 16.3 Å². The molecule has 1 aromatic heterocycles. The molecule has 6 nitrogen and oxygen atoms in total. The molecule has 0 saturated heterocycles. The minimum absolute atomic E-state index is 0.0129. The van der Waals surface area contributed by atoms with Crippen LogP contribution in [0.2, 0.25) is 5.15 Å². The minimum Gasteiger partial charge on any atom is -0.357 e. The van der Waals surface area contributed by atoms with E-state index in [1.807, 2.05) is 19.9 Å². The van der Waals surface area contributed by atoms with Gasteiger partial charge in [-0.25, -0.2) is 13.4 Å². The standard InChI is InChI=1S/C20H27ClN4O2S/c1-3-17(15-28(26,27)18-8-6-5-7-9-18)25-20(22-4-2)23-13-12-16-10-11-19(21)24-14-16/h5-11,14,17H,3-4,12-13,15H2,1-2H3,(H2,22,23,25). The fourth-order valence-corrected chi connectivity index (χ4v) is 4.34. The summed E-state index contributed by atoms with van der Waals surface area (Å²) in [5.41, 5.74) is 1.04. The molecule has 2 rings (SSSR count). The Morgan fingerprint density at radius 3 is 2.54 bits per heavy atom. The Morgan fingerprint density at radius 2 is 1.93 bits per heavy atom. The number of benzene rings is 1. The van der Waals surface area contributed by atoms with Gasteiger partial charge in [0.05, 0.1) is 10.6 Å². The van der Waals surface area contributed by atoms with Crippen molar-refractivity contribution in [2.75, 3.05) is 18.8 Å². The molecule has 0 amide bonds. The average molecular weight is 423 g/mol. The number of guanidine groups is 1. The van der Waals surface area contributed by atoms with Crippen molar-refractivity contribution in [1.29, 1.82) is 0 Å². The molecular formula is C20H27ClN4O2S. The van der Waals surface area contributed by atoms with E-state index in [0.29, 0.717) is 35.5 Å². The summed E-state index contributed by atoms with van der Waals surface area (Å²) < 4.78 is 25.3. The van der Waals surface area contributed by atoms with Crippen LogP contribution in [0.15, 0.2) is 58.5 Å². The Hall–Kier alpha value is -2.12. The number of halogens is 1. The van der Waals surface area contributed by atoms with Crippen molar-refractivity contribution < 1.29 is 8.42 Å². The van der Waals surface area contributed by atoms with Crippen molar-refractivity contribution in [1.82, 2.24) is 15.6 Å². The molecule has 0 aliphatic heterocycles. The van der Waals surface area contributed by atoms with Crippen molar-refractivity contribution in [3.63, 3.8) is 0 Å². The zero-order chi connectivity index (χ0) is 20.4. The van der Waals surface area contributed by atoms with E-state index in [1.165, 1.54) is 0 Å². The molecule has 0 radical (unpaired) electrons. The number of nitrogens with one attached hydrogen (secondary N) is 2. The second kappa shape index (κ2) is 11.0. The summed E-state index contributed by atoms with van der Waals surface area (Å²) in [5.74, 6) is 0.624. The van der Waals surface area contributed by atoms with Gasteiger partial charge in [0.1, 0.15) is 5.15 Å². The van der Waals surface area contributed by atoms with Crippen LogP contribution in [0.25, 0.3) is 0 Å². The highest BCUT2D eigenvalue weighted by atomic mass is 35.5. The van der Waals surface area contributed by atoms with Crippen LogP contribution < -0.4 is 10.6 Å². The normalized spacial score (nSPS) is 13.2. The number of aliphatic imine (C=N–C) groups is 1. The van der Waals surface area contributed by atoms with Gasteiger partial charge in [0.15, 0.2) is 15.8 Å². The van der Waals surface area contributed by atoms with E-state index in [9.17, 15) is 8.42 Å².